The maximum atomic E-state index is 12.5. The van der Waals surface area contributed by atoms with Gasteiger partial charge in [-0.05, 0) is 26.0 Å². The van der Waals surface area contributed by atoms with Gasteiger partial charge in [0.25, 0.3) is 0 Å². The molecule has 2 rings (SSSR count). The number of carbonyl (C=O) groups excluding carboxylic acids is 1. The van der Waals surface area contributed by atoms with E-state index in [1.807, 2.05) is 43.5 Å². The lowest BCUT2D eigenvalue weighted by atomic mass is 10.2. The summed E-state index contributed by atoms with van der Waals surface area (Å²) in [5, 5.41) is 10.8. The number of rotatable bonds is 6. The number of thiazole rings is 1. The van der Waals surface area contributed by atoms with Gasteiger partial charge >= 0.3 is 0 Å². The number of aryl methyl sites for hydroxylation is 2. The van der Waals surface area contributed by atoms with E-state index in [1.54, 1.807) is 16.2 Å². The molecule has 22 heavy (non-hydrogen) atoms. The van der Waals surface area contributed by atoms with E-state index in [2.05, 4.69) is 11.1 Å². The van der Waals surface area contributed by atoms with Gasteiger partial charge in [-0.1, -0.05) is 29.5 Å². The third-order valence-corrected chi connectivity index (χ3v) is 5.13. The molecule has 4 nitrogen and oxygen atoms in total. The molecule has 0 radical (unpaired) electrons. The number of hydrogen-bond donors (Lipinski definition) is 0. The minimum atomic E-state index is -0.00282. The largest absolute Gasteiger partial charge is 0.311 e. The summed E-state index contributed by atoms with van der Waals surface area (Å²) in [7, 11) is 0. The summed E-state index contributed by atoms with van der Waals surface area (Å²) in [6.07, 6.45) is 0.320. The SMILES string of the molecule is Cc1ccc(N(CCC#N)C(=O)CSc2nc(C)cs2)cc1. The van der Waals surface area contributed by atoms with Crippen molar-refractivity contribution in [3.8, 4) is 6.07 Å². The van der Waals surface area contributed by atoms with Crippen LogP contribution in [0.5, 0.6) is 0 Å². The zero-order valence-electron chi connectivity index (χ0n) is 12.6. The van der Waals surface area contributed by atoms with Crippen molar-refractivity contribution in [2.45, 2.75) is 24.6 Å². The summed E-state index contributed by atoms with van der Waals surface area (Å²) < 4.78 is 0.898. The molecule has 0 bridgehead atoms. The quantitative estimate of drug-likeness (QED) is 0.756. The van der Waals surface area contributed by atoms with Crippen LogP contribution in [-0.4, -0.2) is 23.2 Å². The number of anilines is 1. The number of benzene rings is 1. The van der Waals surface area contributed by atoms with E-state index in [1.165, 1.54) is 11.8 Å². The molecule has 1 aromatic heterocycles. The van der Waals surface area contributed by atoms with Crippen molar-refractivity contribution in [2.24, 2.45) is 0 Å². The molecule has 2 aromatic rings. The molecule has 0 saturated carbocycles. The first-order chi connectivity index (χ1) is 10.6. The molecule has 0 N–H and O–H groups in total. The van der Waals surface area contributed by atoms with Crippen LogP contribution in [0.2, 0.25) is 0 Å². The number of thioether (sulfide) groups is 1. The van der Waals surface area contributed by atoms with Gasteiger partial charge in [-0.25, -0.2) is 4.98 Å². The first kappa shape index (κ1) is 16.5. The second-order valence-electron chi connectivity index (χ2n) is 4.83. The van der Waals surface area contributed by atoms with Crippen LogP contribution in [0.4, 0.5) is 5.69 Å². The summed E-state index contributed by atoms with van der Waals surface area (Å²) in [5.74, 6) is 0.323. The Morgan fingerprint density at radius 1 is 1.36 bits per heavy atom. The highest BCUT2D eigenvalue weighted by Gasteiger charge is 2.16. The van der Waals surface area contributed by atoms with Crippen molar-refractivity contribution in [1.82, 2.24) is 4.98 Å². The third-order valence-electron chi connectivity index (χ3n) is 3.01. The number of hydrogen-bond acceptors (Lipinski definition) is 5. The Hall–Kier alpha value is -1.84. The van der Waals surface area contributed by atoms with E-state index in [9.17, 15) is 4.79 Å². The van der Waals surface area contributed by atoms with E-state index in [0.29, 0.717) is 18.7 Å². The zero-order valence-corrected chi connectivity index (χ0v) is 14.2. The van der Waals surface area contributed by atoms with Crippen LogP contribution in [0.25, 0.3) is 0 Å². The monoisotopic (exact) mass is 331 g/mol. The Bertz CT molecular complexity index is 673. The highest BCUT2D eigenvalue weighted by atomic mass is 32.2. The lowest BCUT2D eigenvalue weighted by Crippen LogP contribution is -2.33. The molecule has 6 heteroatoms. The third kappa shape index (κ3) is 4.58. The van der Waals surface area contributed by atoms with E-state index in [0.717, 1.165) is 21.3 Å². The van der Waals surface area contributed by atoms with Gasteiger partial charge in [-0.15, -0.1) is 11.3 Å². The van der Waals surface area contributed by atoms with Gasteiger partial charge in [-0.2, -0.15) is 5.26 Å². The second-order valence-corrected chi connectivity index (χ2v) is 6.91. The van der Waals surface area contributed by atoms with Crippen molar-refractivity contribution >= 4 is 34.7 Å². The molecule has 0 saturated heterocycles. The average Bonchev–Trinajstić information content (AvgIpc) is 2.93. The van der Waals surface area contributed by atoms with Gasteiger partial charge in [0, 0.05) is 23.3 Å². The normalized spacial score (nSPS) is 10.2. The predicted molar refractivity (Wildman–Crippen MR) is 91.3 cm³/mol. The van der Waals surface area contributed by atoms with E-state index in [-0.39, 0.29) is 5.91 Å². The van der Waals surface area contributed by atoms with Crippen molar-refractivity contribution in [3.05, 3.63) is 40.9 Å². The van der Waals surface area contributed by atoms with Crippen molar-refractivity contribution in [2.75, 3.05) is 17.2 Å². The van der Waals surface area contributed by atoms with Gasteiger partial charge in [0.15, 0.2) is 4.34 Å². The fourth-order valence-corrected chi connectivity index (χ4v) is 3.61. The van der Waals surface area contributed by atoms with Gasteiger partial charge in [0.05, 0.1) is 18.2 Å². The van der Waals surface area contributed by atoms with Crippen molar-refractivity contribution < 1.29 is 4.79 Å². The molecule has 1 aromatic carbocycles. The summed E-state index contributed by atoms with van der Waals surface area (Å²) in [6.45, 7) is 4.36. The van der Waals surface area contributed by atoms with Gasteiger partial charge in [-0.3, -0.25) is 4.79 Å². The summed E-state index contributed by atoms with van der Waals surface area (Å²) in [6, 6.07) is 9.88. The van der Waals surface area contributed by atoms with Crippen LogP contribution in [-0.2, 0) is 4.79 Å². The minimum Gasteiger partial charge on any atom is -0.311 e. The fraction of sp³-hybridized carbons (Fsp3) is 0.312. The Morgan fingerprint density at radius 2 is 2.09 bits per heavy atom. The molecule has 114 valence electrons. The number of nitrogens with zero attached hydrogens (tertiary/aromatic N) is 3. The zero-order chi connectivity index (χ0) is 15.9. The first-order valence-electron chi connectivity index (χ1n) is 6.89. The molecule has 0 spiro atoms. The summed E-state index contributed by atoms with van der Waals surface area (Å²) >= 11 is 2.99. The molecular formula is C16H17N3OS2. The highest BCUT2D eigenvalue weighted by Crippen LogP contribution is 2.24. The Balaban J connectivity index is 2.05. The maximum Gasteiger partial charge on any atom is 0.237 e. The van der Waals surface area contributed by atoms with Crippen LogP contribution >= 0.6 is 23.1 Å². The smallest absolute Gasteiger partial charge is 0.237 e. The molecule has 0 atom stereocenters. The van der Waals surface area contributed by atoms with E-state index < -0.39 is 0 Å². The van der Waals surface area contributed by atoms with E-state index in [4.69, 9.17) is 5.26 Å². The van der Waals surface area contributed by atoms with Gasteiger partial charge in [0.2, 0.25) is 5.91 Å². The predicted octanol–water partition coefficient (Wildman–Crippen LogP) is 3.80. The Kier molecular flexibility index (Phi) is 5.99. The van der Waals surface area contributed by atoms with Gasteiger partial charge < -0.3 is 4.90 Å². The minimum absolute atomic E-state index is 0.00282. The number of aromatic nitrogens is 1. The molecule has 0 unspecified atom stereocenters. The highest BCUT2D eigenvalue weighted by molar-refractivity contribution is 8.01. The fourth-order valence-electron chi connectivity index (χ4n) is 1.88. The van der Waals surface area contributed by atoms with Crippen LogP contribution in [0.1, 0.15) is 17.7 Å². The Morgan fingerprint density at radius 3 is 2.68 bits per heavy atom. The number of nitriles is 1. The number of carbonyl (C=O) groups is 1. The standard InChI is InChI=1S/C16H17N3OS2/c1-12-4-6-14(7-5-12)19(9-3-8-17)15(20)11-22-16-18-13(2)10-21-16/h4-7,10H,3,9,11H2,1-2H3. The maximum absolute atomic E-state index is 12.5. The van der Waals surface area contributed by atoms with Crippen LogP contribution in [0, 0.1) is 25.2 Å². The number of amides is 1. The molecule has 1 amide bonds. The molecule has 0 aliphatic carbocycles. The molecule has 0 aliphatic heterocycles. The first-order valence-corrected chi connectivity index (χ1v) is 8.75. The second kappa shape index (κ2) is 7.97. The van der Waals surface area contributed by atoms with Crippen molar-refractivity contribution in [3.63, 3.8) is 0 Å². The van der Waals surface area contributed by atoms with Crippen LogP contribution in [0.3, 0.4) is 0 Å². The Labute approximate surface area is 138 Å². The molecule has 0 fully saturated rings. The molecule has 0 aliphatic rings. The summed E-state index contributed by atoms with van der Waals surface area (Å²) in [4.78, 5) is 18.5. The lowest BCUT2D eigenvalue weighted by Gasteiger charge is -2.21. The lowest BCUT2D eigenvalue weighted by molar-refractivity contribution is -0.116. The van der Waals surface area contributed by atoms with Crippen molar-refractivity contribution in [1.29, 1.82) is 5.26 Å². The van der Waals surface area contributed by atoms with E-state index >= 15 is 0 Å². The van der Waals surface area contributed by atoms with Crippen LogP contribution in [0.15, 0.2) is 34.0 Å². The average molecular weight is 331 g/mol. The topological polar surface area (TPSA) is 57.0 Å². The van der Waals surface area contributed by atoms with Gasteiger partial charge in [0.1, 0.15) is 0 Å². The molecular weight excluding hydrogens is 314 g/mol. The van der Waals surface area contributed by atoms with Crippen LogP contribution < -0.4 is 4.90 Å². The molecule has 1 heterocycles. The summed E-state index contributed by atoms with van der Waals surface area (Å²) in [5.41, 5.74) is 2.95.